The molecule has 0 bridgehead atoms. The number of benzene rings is 2. The molecule has 15 heavy (non-hydrogen) atoms. The molecule has 0 amide bonds. The number of rotatable bonds is 0. The van der Waals surface area contributed by atoms with Gasteiger partial charge < -0.3 is 5.84 Å². The molecule has 2 nitrogen and oxygen atoms in total. The molecule has 3 rings (SSSR count). The Morgan fingerprint density at radius 2 is 1.67 bits per heavy atom. The van der Waals surface area contributed by atoms with Gasteiger partial charge in [0.25, 0.3) is 0 Å². The normalized spacial score (nSPS) is 11.3. The van der Waals surface area contributed by atoms with E-state index in [-0.39, 0.29) is 0 Å². The van der Waals surface area contributed by atoms with Crippen molar-refractivity contribution in [2.45, 2.75) is 0 Å². The van der Waals surface area contributed by atoms with Crippen LogP contribution in [0.15, 0.2) is 42.5 Å². The molecule has 3 aromatic rings. The van der Waals surface area contributed by atoms with Crippen molar-refractivity contribution in [1.29, 1.82) is 0 Å². The van der Waals surface area contributed by atoms with Gasteiger partial charge in [-0.1, -0.05) is 24.3 Å². The van der Waals surface area contributed by atoms with Crippen molar-refractivity contribution in [2.75, 3.05) is 5.84 Å². The summed E-state index contributed by atoms with van der Waals surface area (Å²) >= 11 is 2.30. The maximum absolute atomic E-state index is 6.06. The van der Waals surface area contributed by atoms with Crippen molar-refractivity contribution in [2.24, 2.45) is 0 Å². The summed E-state index contributed by atoms with van der Waals surface area (Å²) in [6.07, 6.45) is 0. The van der Waals surface area contributed by atoms with Gasteiger partial charge >= 0.3 is 0 Å². The molecule has 0 saturated heterocycles. The second kappa shape index (κ2) is 3.13. The number of nitrogen functional groups attached to an aromatic ring is 1. The summed E-state index contributed by atoms with van der Waals surface area (Å²) in [4.78, 5) is 0. The molecule has 3 heteroatoms. The Balaban J connectivity index is 2.63. The van der Waals surface area contributed by atoms with Crippen LogP contribution in [0.5, 0.6) is 0 Å². The largest absolute Gasteiger partial charge is 0.339 e. The van der Waals surface area contributed by atoms with Gasteiger partial charge in [-0.2, -0.15) is 0 Å². The highest BCUT2D eigenvalue weighted by Crippen LogP contribution is 2.27. The maximum Gasteiger partial charge on any atom is 0.0714 e. The van der Waals surface area contributed by atoms with Crippen LogP contribution in [0.2, 0.25) is 0 Å². The average molecular weight is 308 g/mol. The summed E-state index contributed by atoms with van der Waals surface area (Å²) in [5, 5.41) is 2.43. The number of hydrogen-bond donors (Lipinski definition) is 1. The van der Waals surface area contributed by atoms with Crippen LogP contribution in [0.25, 0.3) is 21.8 Å². The molecule has 0 fully saturated rings. The summed E-state index contributed by atoms with van der Waals surface area (Å²) in [7, 11) is 0. The fourth-order valence-electron chi connectivity index (χ4n) is 1.97. The van der Waals surface area contributed by atoms with E-state index >= 15 is 0 Å². The van der Waals surface area contributed by atoms with Crippen LogP contribution in [0, 0.1) is 3.57 Å². The van der Waals surface area contributed by atoms with E-state index in [1.54, 1.807) is 4.68 Å². The van der Waals surface area contributed by atoms with Crippen LogP contribution < -0.4 is 5.84 Å². The molecular weight excluding hydrogens is 299 g/mol. The van der Waals surface area contributed by atoms with Crippen LogP contribution in [-0.2, 0) is 0 Å². The first-order valence-electron chi connectivity index (χ1n) is 4.71. The van der Waals surface area contributed by atoms with E-state index in [2.05, 4.69) is 46.9 Å². The third kappa shape index (κ3) is 1.23. The molecule has 0 aliphatic heterocycles. The summed E-state index contributed by atoms with van der Waals surface area (Å²) < 4.78 is 2.96. The minimum atomic E-state index is 1.08. The molecule has 2 N–H and O–H groups in total. The summed E-state index contributed by atoms with van der Waals surface area (Å²) in [5.41, 5.74) is 2.16. The van der Waals surface area contributed by atoms with Crippen molar-refractivity contribution < 1.29 is 0 Å². The number of para-hydroxylation sites is 1. The molecule has 0 saturated carbocycles. The number of aromatic nitrogens is 1. The van der Waals surface area contributed by atoms with Crippen molar-refractivity contribution in [1.82, 2.24) is 4.68 Å². The van der Waals surface area contributed by atoms with Crippen molar-refractivity contribution in [3.8, 4) is 0 Å². The quantitative estimate of drug-likeness (QED) is 0.502. The van der Waals surface area contributed by atoms with Gasteiger partial charge in [-0.3, -0.25) is 4.68 Å². The zero-order chi connectivity index (χ0) is 10.4. The lowest BCUT2D eigenvalue weighted by molar-refractivity contribution is 1.12. The van der Waals surface area contributed by atoms with Gasteiger partial charge in [-0.25, -0.2) is 0 Å². The van der Waals surface area contributed by atoms with Crippen LogP contribution >= 0.6 is 22.6 Å². The number of halogens is 1. The maximum atomic E-state index is 6.06. The number of hydrogen-bond acceptors (Lipinski definition) is 1. The topological polar surface area (TPSA) is 30.9 Å². The minimum Gasteiger partial charge on any atom is -0.339 e. The van der Waals surface area contributed by atoms with E-state index in [0.29, 0.717) is 0 Å². The molecule has 0 radical (unpaired) electrons. The number of nitrogens with zero attached hydrogens (tertiary/aromatic N) is 1. The molecule has 1 heterocycles. The predicted molar refractivity (Wildman–Crippen MR) is 72.3 cm³/mol. The summed E-state index contributed by atoms with van der Waals surface area (Å²) in [6.45, 7) is 0. The van der Waals surface area contributed by atoms with Crippen LogP contribution in [0.4, 0.5) is 0 Å². The van der Waals surface area contributed by atoms with E-state index in [0.717, 1.165) is 11.0 Å². The van der Waals surface area contributed by atoms with Crippen LogP contribution in [0.3, 0.4) is 0 Å². The first-order chi connectivity index (χ1) is 7.27. The first kappa shape index (κ1) is 9.03. The van der Waals surface area contributed by atoms with Gasteiger partial charge in [0.05, 0.1) is 11.0 Å². The third-order valence-electron chi connectivity index (χ3n) is 2.67. The van der Waals surface area contributed by atoms with E-state index in [4.69, 9.17) is 5.84 Å². The van der Waals surface area contributed by atoms with E-state index < -0.39 is 0 Å². The van der Waals surface area contributed by atoms with Crippen molar-refractivity contribution in [3.63, 3.8) is 0 Å². The summed E-state index contributed by atoms with van der Waals surface area (Å²) in [5.74, 6) is 6.06. The molecule has 2 aromatic carbocycles. The Kier molecular flexibility index (Phi) is 1.88. The Bertz CT molecular complexity index is 655. The fraction of sp³-hybridized carbons (Fsp3) is 0. The lowest BCUT2D eigenvalue weighted by atomic mass is 10.2. The SMILES string of the molecule is Nn1c2ccccc2c2ccc(I)cc21. The van der Waals surface area contributed by atoms with Crippen LogP contribution in [0.1, 0.15) is 0 Å². The van der Waals surface area contributed by atoms with Gasteiger partial charge in [0.2, 0.25) is 0 Å². The predicted octanol–water partition coefficient (Wildman–Crippen LogP) is 3.11. The molecule has 0 unspecified atom stereocenters. The Hall–Kier alpha value is -1.23. The zero-order valence-electron chi connectivity index (χ0n) is 7.94. The Labute approximate surface area is 101 Å². The standard InChI is InChI=1S/C12H9IN2/c13-8-5-6-10-9-3-1-2-4-11(9)15(14)12(10)7-8/h1-7H,14H2. The highest BCUT2D eigenvalue weighted by Gasteiger charge is 2.07. The molecule has 0 aliphatic carbocycles. The van der Waals surface area contributed by atoms with Gasteiger partial charge in [0.1, 0.15) is 0 Å². The molecule has 0 atom stereocenters. The van der Waals surface area contributed by atoms with Gasteiger partial charge in [-0.05, 0) is 40.8 Å². The molecular formula is C12H9IN2. The van der Waals surface area contributed by atoms with Gasteiger partial charge in [0.15, 0.2) is 0 Å². The van der Waals surface area contributed by atoms with E-state index in [1.165, 1.54) is 14.3 Å². The van der Waals surface area contributed by atoms with E-state index in [1.807, 2.05) is 18.2 Å². The Morgan fingerprint density at radius 3 is 2.53 bits per heavy atom. The fourth-order valence-corrected chi connectivity index (χ4v) is 2.45. The molecule has 74 valence electrons. The average Bonchev–Trinajstić information content (AvgIpc) is 2.54. The van der Waals surface area contributed by atoms with Crippen LogP contribution in [-0.4, -0.2) is 4.68 Å². The molecule has 1 aromatic heterocycles. The van der Waals surface area contributed by atoms with Crippen molar-refractivity contribution in [3.05, 3.63) is 46.0 Å². The lowest BCUT2D eigenvalue weighted by Gasteiger charge is -1.97. The monoisotopic (exact) mass is 308 g/mol. The third-order valence-corrected chi connectivity index (χ3v) is 3.34. The van der Waals surface area contributed by atoms with Gasteiger partial charge in [0, 0.05) is 14.3 Å². The second-order valence-electron chi connectivity index (χ2n) is 3.55. The molecule has 0 spiro atoms. The lowest BCUT2D eigenvalue weighted by Crippen LogP contribution is -2.06. The van der Waals surface area contributed by atoms with Crippen molar-refractivity contribution >= 4 is 44.4 Å². The highest BCUT2D eigenvalue weighted by molar-refractivity contribution is 14.1. The smallest absolute Gasteiger partial charge is 0.0714 e. The highest BCUT2D eigenvalue weighted by atomic mass is 127. The minimum absolute atomic E-state index is 1.08. The second-order valence-corrected chi connectivity index (χ2v) is 4.79. The first-order valence-corrected chi connectivity index (χ1v) is 5.79. The number of nitrogens with two attached hydrogens (primary N) is 1. The number of fused-ring (bicyclic) bond motifs is 3. The Morgan fingerprint density at radius 1 is 0.933 bits per heavy atom. The zero-order valence-corrected chi connectivity index (χ0v) is 10.1. The summed E-state index contributed by atoms with van der Waals surface area (Å²) in [6, 6.07) is 14.5. The molecule has 0 aliphatic rings. The van der Waals surface area contributed by atoms with Gasteiger partial charge in [-0.15, -0.1) is 0 Å². The van der Waals surface area contributed by atoms with E-state index in [9.17, 15) is 0 Å².